The van der Waals surface area contributed by atoms with E-state index in [-0.39, 0.29) is 29.5 Å². The topological polar surface area (TPSA) is 96.0 Å². The number of nitrogens with zero attached hydrogens (tertiary/aromatic N) is 2. The predicted octanol–water partition coefficient (Wildman–Crippen LogP) is 7.23. The summed E-state index contributed by atoms with van der Waals surface area (Å²) in [4.78, 5) is 30.0. The number of benzene rings is 5. The van der Waals surface area contributed by atoms with Crippen LogP contribution >= 0.6 is 0 Å². The second-order valence-corrected chi connectivity index (χ2v) is 13.5. The van der Waals surface area contributed by atoms with Crippen molar-refractivity contribution in [1.82, 2.24) is 10.2 Å². The van der Waals surface area contributed by atoms with E-state index >= 15 is 0 Å². The van der Waals surface area contributed by atoms with E-state index in [1.807, 2.05) is 97.9 Å². The van der Waals surface area contributed by atoms with Crippen molar-refractivity contribution < 1.29 is 22.7 Å². The molecule has 0 spiro atoms. The highest BCUT2D eigenvalue weighted by Crippen LogP contribution is 2.29. The Balaban J connectivity index is 1.52. The van der Waals surface area contributed by atoms with Gasteiger partial charge in [0.1, 0.15) is 24.1 Å². The Morgan fingerprint density at radius 3 is 1.82 bits per heavy atom. The molecule has 0 aromatic heterocycles. The van der Waals surface area contributed by atoms with Crippen molar-refractivity contribution in [3.63, 3.8) is 0 Å². The Bertz CT molecular complexity index is 1870. The van der Waals surface area contributed by atoms with Gasteiger partial charge in [0, 0.05) is 19.5 Å². The standard InChI is InChI=1S/C40H41N3O5S/c1-2-3-28-41-40(45)38(29-32-16-8-4-9-17-32)42(30-33-18-10-5-11-19-33)39(44)31-43(49(46,47)37-22-14-7-15-23-37)34-24-26-36(27-25-34)48-35-20-12-6-13-21-35/h4-27,38H,2-3,28-31H2,1H3,(H,41,45)/t38-/m1/s1. The number of carbonyl (C=O) groups excluding carboxylic acids is 2. The molecule has 8 nitrogen and oxygen atoms in total. The molecular formula is C40H41N3O5S. The lowest BCUT2D eigenvalue weighted by atomic mass is 10.0. The van der Waals surface area contributed by atoms with Gasteiger partial charge in [0.25, 0.3) is 10.0 Å². The van der Waals surface area contributed by atoms with Crippen LogP contribution in [0.2, 0.25) is 0 Å². The van der Waals surface area contributed by atoms with Crippen LogP contribution in [-0.4, -0.2) is 44.3 Å². The zero-order valence-corrected chi connectivity index (χ0v) is 28.3. The number of hydrogen-bond donors (Lipinski definition) is 1. The Kier molecular flexibility index (Phi) is 12.2. The third-order valence-electron chi connectivity index (χ3n) is 8.01. The van der Waals surface area contributed by atoms with Gasteiger partial charge >= 0.3 is 0 Å². The molecule has 5 aromatic carbocycles. The van der Waals surface area contributed by atoms with Crippen molar-refractivity contribution in [2.45, 2.75) is 43.7 Å². The number of hydrogen-bond acceptors (Lipinski definition) is 5. The van der Waals surface area contributed by atoms with Gasteiger partial charge in [0.05, 0.1) is 10.6 Å². The molecule has 5 rings (SSSR count). The van der Waals surface area contributed by atoms with Crippen molar-refractivity contribution >= 4 is 27.5 Å². The first kappa shape index (κ1) is 34.9. The Labute approximate surface area is 289 Å². The molecule has 1 atom stereocenters. The summed E-state index contributed by atoms with van der Waals surface area (Å²) in [5.41, 5.74) is 1.98. The molecule has 0 heterocycles. The van der Waals surface area contributed by atoms with Crippen LogP contribution in [0.25, 0.3) is 0 Å². The minimum Gasteiger partial charge on any atom is -0.457 e. The highest BCUT2D eigenvalue weighted by molar-refractivity contribution is 7.92. The summed E-state index contributed by atoms with van der Waals surface area (Å²) in [6, 6.07) is 41.9. The van der Waals surface area contributed by atoms with Crippen LogP contribution in [0.15, 0.2) is 150 Å². The van der Waals surface area contributed by atoms with E-state index in [2.05, 4.69) is 5.32 Å². The first-order valence-corrected chi connectivity index (χ1v) is 17.8. The molecule has 9 heteroatoms. The number of anilines is 1. The number of ether oxygens (including phenoxy) is 1. The molecule has 0 unspecified atom stereocenters. The molecule has 0 aliphatic heterocycles. The van der Waals surface area contributed by atoms with Gasteiger partial charge in [-0.3, -0.25) is 13.9 Å². The first-order chi connectivity index (χ1) is 23.8. The Morgan fingerprint density at radius 1 is 0.694 bits per heavy atom. The minimum absolute atomic E-state index is 0.0418. The molecule has 0 saturated carbocycles. The average Bonchev–Trinajstić information content (AvgIpc) is 3.14. The summed E-state index contributed by atoms with van der Waals surface area (Å²) in [6.45, 7) is 2.10. The summed E-state index contributed by atoms with van der Waals surface area (Å²) < 4.78 is 35.5. The molecule has 0 bridgehead atoms. The lowest BCUT2D eigenvalue weighted by Gasteiger charge is -2.34. The molecule has 0 fully saturated rings. The summed E-state index contributed by atoms with van der Waals surface area (Å²) in [5.74, 6) is 0.342. The monoisotopic (exact) mass is 675 g/mol. The van der Waals surface area contributed by atoms with E-state index < -0.39 is 28.5 Å². The summed E-state index contributed by atoms with van der Waals surface area (Å²) in [5, 5.41) is 3.01. The highest BCUT2D eigenvalue weighted by atomic mass is 32.2. The third-order valence-corrected chi connectivity index (χ3v) is 9.80. The molecule has 1 N–H and O–H groups in total. The van der Waals surface area contributed by atoms with Crippen molar-refractivity contribution in [2.75, 3.05) is 17.4 Å². The van der Waals surface area contributed by atoms with Crippen molar-refractivity contribution in [2.24, 2.45) is 0 Å². The molecule has 0 aliphatic carbocycles. The van der Waals surface area contributed by atoms with E-state index in [1.54, 1.807) is 42.5 Å². The quantitative estimate of drug-likeness (QED) is 0.111. The molecule has 0 radical (unpaired) electrons. The number of sulfonamides is 1. The SMILES string of the molecule is CCCCNC(=O)[C@@H](Cc1ccccc1)N(Cc1ccccc1)C(=O)CN(c1ccc(Oc2ccccc2)cc1)S(=O)(=O)c1ccccc1. The van der Waals surface area contributed by atoms with Gasteiger partial charge in [-0.15, -0.1) is 0 Å². The van der Waals surface area contributed by atoms with Crippen molar-refractivity contribution in [3.05, 3.63) is 157 Å². The van der Waals surface area contributed by atoms with Crippen LogP contribution in [0.1, 0.15) is 30.9 Å². The number of carbonyl (C=O) groups is 2. The molecule has 49 heavy (non-hydrogen) atoms. The van der Waals surface area contributed by atoms with E-state index in [9.17, 15) is 18.0 Å². The minimum atomic E-state index is -4.21. The van der Waals surface area contributed by atoms with E-state index in [0.29, 0.717) is 18.0 Å². The smallest absolute Gasteiger partial charge is 0.264 e. The molecule has 252 valence electrons. The second-order valence-electron chi connectivity index (χ2n) is 11.6. The van der Waals surface area contributed by atoms with E-state index in [0.717, 1.165) is 28.3 Å². The molecule has 2 amide bonds. The molecule has 0 saturated heterocycles. The second kappa shape index (κ2) is 17.1. The average molecular weight is 676 g/mol. The van der Waals surface area contributed by atoms with Crippen molar-refractivity contribution in [3.8, 4) is 11.5 Å². The molecular weight excluding hydrogens is 635 g/mol. The third kappa shape index (κ3) is 9.58. The Morgan fingerprint density at radius 2 is 1.22 bits per heavy atom. The summed E-state index contributed by atoms with van der Waals surface area (Å²) in [6.07, 6.45) is 1.95. The summed E-state index contributed by atoms with van der Waals surface area (Å²) >= 11 is 0. The number of rotatable bonds is 16. The maximum Gasteiger partial charge on any atom is 0.264 e. The number of unbranched alkanes of at least 4 members (excludes halogenated alkanes) is 1. The molecule has 5 aromatic rings. The fraction of sp³-hybridized carbons (Fsp3) is 0.200. The van der Waals surface area contributed by atoms with Crippen LogP contribution in [0.3, 0.4) is 0 Å². The van der Waals surface area contributed by atoms with Gasteiger partial charge in [0.2, 0.25) is 11.8 Å². The van der Waals surface area contributed by atoms with Crippen LogP contribution in [-0.2, 0) is 32.6 Å². The maximum absolute atomic E-state index is 14.6. The van der Waals surface area contributed by atoms with Gasteiger partial charge in [-0.2, -0.15) is 0 Å². The predicted molar refractivity (Wildman–Crippen MR) is 193 cm³/mol. The molecule has 0 aliphatic rings. The number of para-hydroxylation sites is 1. The van der Waals surface area contributed by atoms with Crippen LogP contribution in [0, 0.1) is 0 Å². The first-order valence-electron chi connectivity index (χ1n) is 16.4. The largest absolute Gasteiger partial charge is 0.457 e. The Hall–Kier alpha value is -5.41. The zero-order valence-electron chi connectivity index (χ0n) is 27.5. The fourth-order valence-corrected chi connectivity index (χ4v) is 6.83. The lowest BCUT2D eigenvalue weighted by Crippen LogP contribution is -2.53. The highest BCUT2D eigenvalue weighted by Gasteiger charge is 2.34. The van der Waals surface area contributed by atoms with Gasteiger partial charge < -0.3 is 15.0 Å². The van der Waals surface area contributed by atoms with Gasteiger partial charge in [-0.1, -0.05) is 110 Å². The maximum atomic E-state index is 14.6. The normalized spacial score (nSPS) is 11.7. The van der Waals surface area contributed by atoms with Gasteiger partial charge in [-0.05, 0) is 66.1 Å². The number of amides is 2. The van der Waals surface area contributed by atoms with Gasteiger partial charge in [-0.25, -0.2) is 8.42 Å². The summed E-state index contributed by atoms with van der Waals surface area (Å²) in [7, 11) is -4.21. The van der Waals surface area contributed by atoms with E-state index in [4.69, 9.17) is 4.74 Å². The van der Waals surface area contributed by atoms with Crippen LogP contribution in [0.4, 0.5) is 5.69 Å². The van der Waals surface area contributed by atoms with Crippen LogP contribution in [0.5, 0.6) is 11.5 Å². The fourth-order valence-electron chi connectivity index (χ4n) is 5.39. The van der Waals surface area contributed by atoms with Gasteiger partial charge in [0.15, 0.2) is 0 Å². The number of nitrogens with one attached hydrogen (secondary N) is 1. The van der Waals surface area contributed by atoms with E-state index in [1.165, 1.54) is 17.0 Å². The van der Waals surface area contributed by atoms with Crippen molar-refractivity contribution in [1.29, 1.82) is 0 Å². The van der Waals surface area contributed by atoms with Crippen LogP contribution < -0.4 is 14.4 Å². The zero-order chi connectivity index (χ0) is 34.5. The lowest BCUT2D eigenvalue weighted by molar-refractivity contribution is -0.140.